The summed E-state index contributed by atoms with van der Waals surface area (Å²) in [6.07, 6.45) is -2.64. The minimum absolute atomic E-state index is 0.258. The molecule has 0 saturated heterocycles. The van der Waals surface area contributed by atoms with Gasteiger partial charge in [-0.3, -0.25) is 0 Å². The number of hydrogen-bond acceptors (Lipinski definition) is 3. The van der Waals surface area contributed by atoms with Crippen molar-refractivity contribution in [2.75, 3.05) is 18.5 Å². The fourth-order valence-electron chi connectivity index (χ4n) is 2.52. The molecule has 0 aliphatic carbocycles. The average Bonchev–Trinajstić information content (AvgIpc) is 2.52. The van der Waals surface area contributed by atoms with E-state index in [-0.39, 0.29) is 5.92 Å². The third-order valence-electron chi connectivity index (χ3n) is 3.70. The minimum atomic E-state index is -4.36. The second-order valence-corrected chi connectivity index (χ2v) is 5.18. The summed E-state index contributed by atoms with van der Waals surface area (Å²) in [5.74, 6) is 1.58. The number of fused-ring (bicyclic) bond motifs is 1. The molecule has 6 heteroatoms. The topological polar surface area (TPSA) is 34.1 Å². The van der Waals surface area contributed by atoms with E-state index >= 15 is 0 Å². The smallest absolute Gasteiger partial charge is 0.417 e. The van der Waals surface area contributed by atoms with Gasteiger partial charge in [0.2, 0.25) is 0 Å². The Hall–Kier alpha value is -2.24. The summed E-state index contributed by atoms with van der Waals surface area (Å²) in [6, 6.07) is 10.2. The van der Waals surface area contributed by atoms with Crippen molar-refractivity contribution >= 4 is 5.82 Å². The molecule has 1 atom stereocenters. The molecular weight excluding hydrogens is 293 g/mol. The number of benzene rings is 1. The molecular formula is C16H15F3N2O. The molecule has 0 saturated carbocycles. The normalized spacial score (nSPS) is 17.5. The summed E-state index contributed by atoms with van der Waals surface area (Å²) in [4.78, 5) is 3.82. The molecule has 0 fully saturated rings. The lowest BCUT2D eigenvalue weighted by molar-refractivity contribution is -0.137. The van der Waals surface area contributed by atoms with E-state index in [0.29, 0.717) is 19.0 Å². The number of nitrogens with one attached hydrogen (secondary N) is 1. The SMILES string of the molecule is FC(F)(F)c1ccc(NCC2CCOc3ccccc32)nc1. The zero-order valence-corrected chi connectivity index (χ0v) is 11.7. The van der Waals surface area contributed by atoms with Gasteiger partial charge < -0.3 is 10.1 Å². The number of hydrogen-bond donors (Lipinski definition) is 1. The van der Waals surface area contributed by atoms with Crippen molar-refractivity contribution in [1.82, 2.24) is 4.98 Å². The highest BCUT2D eigenvalue weighted by atomic mass is 19.4. The van der Waals surface area contributed by atoms with Crippen molar-refractivity contribution in [1.29, 1.82) is 0 Å². The third-order valence-corrected chi connectivity index (χ3v) is 3.70. The van der Waals surface area contributed by atoms with Crippen LogP contribution >= 0.6 is 0 Å². The predicted molar refractivity (Wildman–Crippen MR) is 77.0 cm³/mol. The van der Waals surface area contributed by atoms with Crippen LogP contribution in [0.15, 0.2) is 42.6 Å². The second kappa shape index (κ2) is 5.87. The van der Waals surface area contributed by atoms with Crippen LogP contribution in [0.5, 0.6) is 5.75 Å². The summed E-state index contributed by atoms with van der Waals surface area (Å²) in [6.45, 7) is 1.25. The van der Waals surface area contributed by atoms with Crippen LogP contribution in [0.25, 0.3) is 0 Å². The molecule has 22 heavy (non-hydrogen) atoms. The highest BCUT2D eigenvalue weighted by Crippen LogP contribution is 2.33. The Morgan fingerprint density at radius 1 is 1.18 bits per heavy atom. The zero-order valence-electron chi connectivity index (χ0n) is 11.7. The summed E-state index contributed by atoms with van der Waals surface area (Å²) in [5, 5.41) is 3.10. The fourth-order valence-corrected chi connectivity index (χ4v) is 2.52. The summed E-state index contributed by atoms with van der Waals surface area (Å²) in [7, 11) is 0. The summed E-state index contributed by atoms with van der Waals surface area (Å²) in [5.41, 5.74) is 0.377. The monoisotopic (exact) mass is 308 g/mol. The van der Waals surface area contributed by atoms with Crippen molar-refractivity contribution in [3.05, 3.63) is 53.7 Å². The quantitative estimate of drug-likeness (QED) is 0.928. The number of rotatable bonds is 3. The van der Waals surface area contributed by atoms with Gasteiger partial charge in [-0.25, -0.2) is 4.98 Å². The van der Waals surface area contributed by atoms with E-state index in [2.05, 4.69) is 10.3 Å². The first-order valence-electron chi connectivity index (χ1n) is 7.03. The van der Waals surface area contributed by atoms with Gasteiger partial charge in [0.05, 0.1) is 12.2 Å². The molecule has 1 aromatic carbocycles. The molecule has 1 aromatic heterocycles. The first kappa shape index (κ1) is 14.7. The van der Waals surface area contributed by atoms with E-state index in [1.807, 2.05) is 24.3 Å². The molecule has 2 aromatic rings. The standard InChI is InChI=1S/C16H15F3N2O/c17-16(18,19)12-5-6-15(21-10-12)20-9-11-7-8-22-14-4-2-1-3-13(11)14/h1-6,10-11H,7-9H2,(H,20,21). The second-order valence-electron chi connectivity index (χ2n) is 5.18. The van der Waals surface area contributed by atoms with Gasteiger partial charge in [-0.05, 0) is 30.2 Å². The van der Waals surface area contributed by atoms with Gasteiger partial charge in [0, 0.05) is 18.7 Å². The van der Waals surface area contributed by atoms with E-state index in [9.17, 15) is 13.2 Å². The van der Waals surface area contributed by atoms with E-state index in [0.717, 1.165) is 30.0 Å². The van der Waals surface area contributed by atoms with Gasteiger partial charge in [0.25, 0.3) is 0 Å². The van der Waals surface area contributed by atoms with Gasteiger partial charge in [0.15, 0.2) is 0 Å². The molecule has 0 bridgehead atoms. The largest absolute Gasteiger partial charge is 0.493 e. The highest BCUT2D eigenvalue weighted by Gasteiger charge is 2.30. The molecule has 1 aliphatic heterocycles. The van der Waals surface area contributed by atoms with E-state index in [1.54, 1.807) is 0 Å². The lowest BCUT2D eigenvalue weighted by Gasteiger charge is -2.26. The van der Waals surface area contributed by atoms with Crippen molar-refractivity contribution in [2.24, 2.45) is 0 Å². The van der Waals surface area contributed by atoms with Crippen LogP contribution < -0.4 is 10.1 Å². The van der Waals surface area contributed by atoms with E-state index in [4.69, 9.17) is 4.74 Å². The van der Waals surface area contributed by atoms with Gasteiger partial charge in [-0.2, -0.15) is 13.2 Å². The lowest BCUT2D eigenvalue weighted by atomic mass is 9.93. The third kappa shape index (κ3) is 3.16. The average molecular weight is 308 g/mol. The number of anilines is 1. The van der Waals surface area contributed by atoms with E-state index in [1.165, 1.54) is 6.07 Å². The molecule has 3 rings (SSSR count). The number of para-hydroxylation sites is 1. The Morgan fingerprint density at radius 2 is 2.00 bits per heavy atom. The number of nitrogens with zero attached hydrogens (tertiary/aromatic N) is 1. The molecule has 2 heterocycles. The summed E-state index contributed by atoms with van der Waals surface area (Å²) >= 11 is 0. The van der Waals surface area contributed by atoms with Crippen LogP contribution in [0.4, 0.5) is 19.0 Å². The highest BCUT2D eigenvalue weighted by molar-refractivity contribution is 5.41. The minimum Gasteiger partial charge on any atom is -0.493 e. The number of alkyl halides is 3. The predicted octanol–water partition coefficient (Wildman–Crippen LogP) is 4.08. The molecule has 0 radical (unpaired) electrons. The number of halogens is 3. The van der Waals surface area contributed by atoms with E-state index < -0.39 is 11.7 Å². The Morgan fingerprint density at radius 3 is 2.73 bits per heavy atom. The number of ether oxygens (including phenoxy) is 1. The molecule has 0 amide bonds. The number of aromatic nitrogens is 1. The van der Waals surface area contributed by atoms with Crippen LogP contribution in [0.2, 0.25) is 0 Å². The Balaban J connectivity index is 1.66. The van der Waals surface area contributed by atoms with Gasteiger partial charge in [0.1, 0.15) is 11.6 Å². The lowest BCUT2D eigenvalue weighted by Crippen LogP contribution is -2.21. The van der Waals surface area contributed by atoms with Crippen molar-refractivity contribution in [3.63, 3.8) is 0 Å². The van der Waals surface area contributed by atoms with Crippen LogP contribution in [0.1, 0.15) is 23.5 Å². The Labute approximate surface area is 126 Å². The summed E-state index contributed by atoms with van der Waals surface area (Å²) < 4.78 is 43.1. The fraction of sp³-hybridized carbons (Fsp3) is 0.312. The maximum absolute atomic E-state index is 12.5. The maximum atomic E-state index is 12.5. The molecule has 3 nitrogen and oxygen atoms in total. The first-order valence-corrected chi connectivity index (χ1v) is 7.03. The van der Waals surface area contributed by atoms with Crippen LogP contribution in [-0.4, -0.2) is 18.1 Å². The van der Waals surface area contributed by atoms with Gasteiger partial charge in [-0.15, -0.1) is 0 Å². The van der Waals surface area contributed by atoms with Crippen molar-refractivity contribution < 1.29 is 17.9 Å². The first-order chi connectivity index (χ1) is 10.5. The molecule has 1 N–H and O–H groups in total. The zero-order chi connectivity index (χ0) is 15.6. The molecule has 0 spiro atoms. The van der Waals surface area contributed by atoms with Crippen molar-refractivity contribution in [2.45, 2.75) is 18.5 Å². The molecule has 116 valence electrons. The van der Waals surface area contributed by atoms with Crippen LogP contribution in [-0.2, 0) is 6.18 Å². The van der Waals surface area contributed by atoms with Crippen LogP contribution in [0.3, 0.4) is 0 Å². The molecule has 1 unspecified atom stereocenters. The molecule has 1 aliphatic rings. The Bertz CT molecular complexity index is 641. The van der Waals surface area contributed by atoms with Crippen molar-refractivity contribution in [3.8, 4) is 5.75 Å². The number of pyridine rings is 1. The Kier molecular flexibility index (Phi) is 3.92. The van der Waals surface area contributed by atoms with Gasteiger partial charge >= 0.3 is 6.18 Å². The van der Waals surface area contributed by atoms with Crippen LogP contribution in [0, 0.1) is 0 Å². The maximum Gasteiger partial charge on any atom is 0.417 e. The van der Waals surface area contributed by atoms with Gasteiger partial charge in [-0.1, -0.05) is 18.2 Å².